The maximum atomic E-state index is 10.0. The first-order chi connectivity index (χ1) is 10.3. The predicted molar refractivity (Wildman–Crippen MR) is 82.6 cm³/mol. The maximum absolute atomic E-state index is 10.0. The van der Waals surface area contributed by atoms with E-state index in [0.717, 1.165) is 50.5 Å². The van der Waals surface area contributed by atoms with Crippen LogP contribution in [0.4, 0.5) is 0 Å². The Morgan fingerprint density at radius 2 is 2.14 bits per heavy atom. The van der Waals surface area contributed by atoms with Crippen LogP contribution >= 0.6 is 11.7 Å². The zero-order valence-electron chi connectivity index (χ0n) is 12.7. The topological polar surface area (TPSA) is 58.5 Å². The largest absolute Gasteiger partial charge is 0.476 e. The summed E-state index contributed by atoms with van der Waals surface area (Å²) in [6.07, 6.45) is 6.77. The standard InChI is InChI=1S/C15H25N3O2S/c1-2-3-4-5-8-20-15-14(16-21-17-15)12-7-6-11-9-18(12)10-13(11)19/h11-13,19H,2-10H2,1H3. The number of nitrogens with zero attached hydrogens (tertiary/aromatic N) is 3. The average Bonchev–Trinajstić information content (AvgIpc) is 3.05. The monoisotopic (exact) mass is 311 g/mol. The van der Waals surface area contributed by atoms with Crippen LogP contribution in [0.5, 0.6) is 5.88 Å². The van der Waals surface area contributed by atoms with Gasteiger partial charge in [-0.2, -0.15) is 4.37 Å². The minimum absolute atomic E-state index is 0.167. The SMILES string of the molecule is CCCCCCOc1nsnc1C1CCC2CN1CC2O. The van der Waals surface area contributed by atoms with Crippen LogP contribution in [0.1, 0.15) is 57.2 Å². The highest BCUT2D eigenvalue weighted by molar-refractivity contribution is 6.99. The summed E-state index contributed by atoms with van der Waals surface area (Å²) in [5, 5.41) is 10.0. The molecule has 6 heteroatoms. The lowest BCUT2D eigenvalue weighted by atomic mass is 9.93. The molecule has 21 heavy (non-hydrogen) atoms. The van der Waals surface area contributed by atoms with Crippen LogP contribution in [0.25, 0.3) is 0 Å². The van der Waals surface area contributed by atoms with Gasteiger partial charge in [0.25, 0.3) is 5.88 Å². The van der Waals surface area contributed by atoms with Gasteiger partial charge in [-0.05, 0) is 25.2 Å². The van der Waals surface area contributed by atoms with E-state index in [4.69, 9.17) is 4.74 Å². The molecular formula is C15H25N3O2S. The molecule has 3 rings (SSSR count). The Bertz CT molecular complexity index is 452. The number of hydrogen-bond acceptors (Lipinski definition) is 6. The summed E-state index contributed by atoms with van der Waals surface area (Å²) in [5.41, 5.74) is 0.989. The number of ether oxygens (including phenoxy) is 1. The Labute approximate surface area is 130 Å². The molecular weight excluding hydrogens is 286 g/mol. The fourth-order valence-electron chi connectivity index (χ4n) is 3.48. The number of fused-ring (bicyclic) bond motifs is 2. The van der Waals surface area contributed by atoms with Gasteiger partial charge in [0.2, 0.25) is 0 Å². The number of aromatic nitrogens is 2. The summed E-state index contributed by atoms with van der Waals surface area (Å²) in [6, 6.07) is 0.280. The third kappa shape index (κ3) is 3.38. The molecule has 0 spiro atoms. The first-order valence-corrected chi connectivity index (χ1v) is 8.90. The summed E-state index contributed by atoms with van der Waals surface area (Å²) < 4.78 is 14.7. The number of piperidine rings is 1. The highest BCUT2D eigenvalue weighted by atomic mass is 32.1. The number of rotatable bonds is 7. The van der Waals surface area contributed by atoms with Gasteiger partial charge >= 0.3 is 0 Å². The Hall–Kier alpha value is -0.720. The molecule has 2 aliphatic rings. The van der Waals surface area contributed by atoms with Gasteiger partial charge in [-0.25, -0.2) is 0 Å². The van der Waals surface area contributed by atoms with Gasteiger partial charge in [-0.15, -0.1) is 4.37 Å². The number of aliphatic hydroxyl groups excluding tert-OH is 1. The molecule has 2 bridgehead atoms. The van der Waals surface area contributed by atoms with Crippen molar-refractivity contribution in [1.29, 1.82) is 0 Å². The van der Waals surface area contributed by atoms with E-state index in [9.17, 15) is 5.11 Å². The molecule has 1 N–H and O–H groups in total. The number of unbranched alkanes of at least 4 members (excludes halogenated alkanes) is 3. The van der Waals surface area contributed by atoms with Crippen LogP contribution in [0.15, 0.2) is 0 Å². The quantitative estimate of drug-likeness (QED) is 0.785. The number of aliphatic hydroxyl groups is 1. The summed E-state index contributed by atoms with van der Waals surface area (Å²) in [7, 11) is 0. The zero-order valence-corrected chi connectivity index (χ0v) is 13.5. The Kier molecular flexibility index (Phi) is 5.08. The summed E-state index contributed by atoms with van der Waals surface area (Å²) in [6.45, 7) is 4.70. The van der Waals surface area contributed by atoms with Crippen molar-refractivity contribution >= 4 is 11.7 Å². The maximum Gasteiger partial charge on any atom is 0.250 e. The van der Waals surface area contributed by atoms with Crippen molar-refractivity contribution in [2.24, 2.45) is 5.92 Å². The summed E-state index contributed by atoms with van der Waals surface area (Å²) >= 11 is 1.24. The fourth-order valence-corrected chi connectivity index (χ4v) is 4.03. The van der Waals surface area contributed by atoms with Gasteiger partial charge in [0.15, 0.2) is 0 Å². The lowest BCUT2D eigenvalue weighted by molar-refractivity contribution is 0.144. The molecule has 2 fully saturated rings. The minimum atomic E-state index is -0.167. The van der Waals surface area contributed by atoms with Crippen molar-refractivity contribution in [3.8, 4) is 5.88 Å². The average molecular weight is 311 g/mol. The molecule has 2 aliphatic heterocycles. The summed E-state index contributed by atoms with van der Waals surface area (Å²) in [4.78, 5) is 2.35. The van der Waals surface area contributed by atoms with Gasteiger partial charge in [0.05, 0.1) is 30.5 Å². The second-order valence-corrected chi connectivity index (χ2v) is 6.77. The van der Waals surface area contributed by atoms with Crippen molar-refractivity contribution in [3.05, 3.63) is 5.69 Å². The van der Waals surface area contributed by atoms with E-state index in [1.165, 1.54) is 31.0 Å². The van der Waals surface area contributed by atoms with Crippen molar-refractivity contribution in [2.45, 2.75) is 57.6 Å². The zero-order chi connectivity index (χ0) is 14.7. The van der Waals surface area contributed by atoms with Crippen molar-refractivity contribution in [2.75, 3.05) is 19.7 Å². The predicted octanol–water partition coefficient (Wildman–Crippen LogP) is 2.62. The van der Waals surface area contributed by atoms with E-state index in [-0.39, 0.29) is 12.1 Å². The molecule has 1 aromatic rings. The molecule has 118 valence electrons. The van der Waals surface area contributed by atoms with E-state index < -0.39 is 0 Å². The van der Waals surface area contributed by atoms with Crippen LogP contribution in [-0.2, 0) is 0 Å². The second-order valence-electron chi connectivity index (χ2n) is 6.24. The van der Waals surface area contributed by atoms with Gasteiger partial charge in [-0.1, -0.05) is 26.2 Å². The number of hydrogen-bond donors (Lipinski definition) is 1. The lowest BCUT2D eigenvalue weighted by Gasteiger charge is -2.30. The van der Waals surface area contributed by atoms with Crippen molar-refractivity contribution in [1.82, 2.24) is 13.6 Å². The van der Waals surface area contributed by atoms with Gasteiger partial charge in [0, 0.05) is 13.1 Å². The van der Waals surface area contributed by atoms with Crippen LogP contribution in [0.3, 0.4) is 0 Å². The molecule has 0 radical (unpaired) electrons. The van der Waals surface area contributed by atoms with Gasteiger partial charge in [-0.3, -0.25) is 4.90 Å². The van der Waals surface area contributed by atoms with E-state index in [1.54, 1.807) is 0 Å². The van der Waals surface area contributed by atoms with Crippen molar-refractivity contribution in [3.63, 3.8) is 0 Å². The second kappa shape index (κ2) is 7.03. The van der Waals surface area contributed by atoms with Crippen LogP contribution in [-0.4, -0.2) is 44.6 Å². The first-order valence-electron chi connectivity index (χ1n) is 8.17. The third-order valence-corrected chi connectivity index (χ3v) is 5.25. The molecule has 5 nitrogen and oxygen atoms in total. The van der Waals surface area contributed by atoms with E-state index >= 15 is 0 Å². The molecule has 0 aromatic carbocycles. The van der Waals surface area contributed by atoms with E-state index in [2.05, 4.69) is 20.6 Å². The molecule has 1 aromatic heterocycles. The smallest absolute Gasteiger partial charge is 0.250 e. The third-order valence-electron chi connectivity index (χ3n) is 4.72. The molecule has 4 unspecified atom stereocenters. The van der Waals surface area contributed by atoms with E-state index in [0.29, 0.717) is 5.92 Å². The van der Waals surface area contributed by atoms with Crippen LogP contribution in [0.2, 0.25) is 0 Å². The first kappa shape index (κ1) is 15.2. The molecule has 0 saturated carbocycles. The summed E-state index contributed by atoms with van der Waals surface area (Å²) in [5.74, 6) is 1.17. The highest BCUT2D eigenvalue weighted by Crippen LogP contribution is 2.41. The van der Waals surface area contributed by atoms with Gasteiger partial charge < -0.3 is 9.84 Å². The molecule has 0 aliphatic carbocycles. The van der Waals surface area contributed by atoms with Crippen LogP contribution < -0.4 is 4.74 Å². The Morgan fingerprint density at radius 1 is 1.24 bits per heavy atom. The molecule has 0 amide bonds. The van der Waals surface area contributed by atoms with Gasteiger partial charge in [0.1, 0.15) is 5.69 Å². The Balaban J connectivity index is 1.57. The van der Waals surface area contributed by atoms with E-state index in [1.807, 2.05) is 0 Å². The normalized spacial score (nSPS) is 31.5. The van der Waals surface area contributed by atoms with Crippen LogP contribution in [0, 0.1) is 5.92 Å². The molecule has 2 saturated heterocycles. The minimum Gasteiger partial charge on any atom is -0.476 e. The van der Waals surface area contributed by atoms with Crippen molar-refractivity contribution < 1.29 is 9.84 Å². The fraction of sp³-hybridized carbons (Fsp3) is 0.867. The Morgan fingerprint density at radius 3 is 3.00 bits per heavy atom. The lowest BCUT2D eigenvalue weighted by Crippen LogP contribution is -2.31. The highest BCUT2D eigenvalue weighted by Gasteiger charge is 2.41. The molecule has 3 heterocycles. The molecule has 4 atom stereocenters.